The topological polar surface area (TPSA) is 71.5 Å². The number of carbonyl (C=O) groups excluding carboxylic acids is 2. The third kappa shape index (κ3) is 4.74. The van der Waals surface area contributed by atoms with Crippen molar-refractivity contribution in [2.24, 2.45) is 0 Å². The Morgan fingerprint density at radius 1 is 1.06 bits per heavy atom. The van der Waals surface area contributed by atoms with Crippen molar-refractivity contribution in [3.63, 3.8) is 0 Å². The van der Waals surface area contributed by atoms with Crippen molar-refractivity contribution >= 4 is 22.7 Å². The number of ether oxygens (including phenoxy) is 1. The molecule has 2 aromatic carbocycles. The van der Waals surface area contributed by atoms with Gasteiger partial charge in [-0.3, -0.25) is 14.6 Å². The molecular weight excluding hydrogens is 402 g/mol. The highest BCUT2D eigenvalue weighted by Crippen LogP contribution is 2.20. The molecule has 6 heteroatoms. The van der Waals surface area contributed by atoms with Crippen LogP contribution in [0.2, 0.25) is 0 Å². The lowest BCUT2D eigenvalue weighted by Gasteiger charge is -2.32. The maximum atomic E-state index is 12.9. The molecule has 0 atom stereocenters. The van der Waals surface area contributed by atoms with Gasteiger partial charge in [0.05, 0.1) is 23.4 Å². The molecule has 1 saturated heterocycles. The van der Waals surface area contributed by atoms with E-state index in [1.54, 1.807) is 12.1 Å². The number of fused-ring (bicyclic) bond motifs is 1. The molecule has 6 nitrogen and oxygen atoms in total. The van der Waals surface area contributed by atoms with Crippen molar-refractivity contribution in [2.45, 2.75) is 39.7 Å². The predicted molar refractivity (Wildman–Crippen MR) is 125 cm³/mol. The number of hydrogen-bond donors (Lipinski definition) is 1. The van der Waals surface area contributed by atoms with E-state index in [1.165, 1.54) is 0 Å². The van der Waals surface area contributed by atoms with Crippen LogP contribution in [-0.2, 0) is 0 Å². The highest BCUT2D eigenvalue weighted by Gasteiger charge is 2.25. The van der Waals surface area contributed by atoms with Crippen LogP contribution < -0.4 is 10.1 Å². The second kappa shape index (κ2) is 9.39. The molecule has 1 aliphatic rings. The summed E-state index contributed by atoms with van der Waals surface area (Å²) in [6.07, 6.45) is 1.46. The van der Waals surface area contributed by atoms with E-state index in [0.29, 0.717) is 30.8 Å². The van der Waals surface area contributed by atoms with Gasteiger partial charge in [-0.15, -0.1) is 0 Å². The summed E-state index contributed by atoms with van der Waals surface area (Å²) in [5.41, 5.74) is 4.02. The van der Waals surface area contributed by atoms with Gasteiger partial charge in [0.15, 0.2) is 0 Å². The standard InChI is InChI=1S/C26H29N3O3/c1-4-32-22-8-6-19(7-9-22)26(31)29-13-11-21(12-14-29)28-25(30)23-16-20-15-17(2)5-10-24(20)27-18(23)3/h5-10,15-16,21H,4,11-14H2,1-3H3,(H,28,30). The second-order valence-electron chi connectivity index (χ2n) is 8.31. The van der Waals surface area contributed by atoms with Gasteiger partial charge in [0.1, 0.15) is 5.75 Å². The number of amides is 2. The minimum Gasteiger partial charge on any atom is -0.494 e. The molecule has 0 unspecified atom stereocenters. The molecule has 3 aromatic rings. The molecule has 1 N–H and O–H groups in total. The molecule has 4 rings (SSSR count). The number of aryl methyl sites for hydroxylation is 2. The summed E-state index contributed by atoms with van der Waals surface area (Å²) >= 11 is 0. The lowest BCUT2D eigenvalue weighted by Crippen LogP contribution is -2.46. The van der Waals surface area contributed by atoms with Gasteiger partial charge in [-0.25, -0.2) is 0 Å². The molecule has 1 fully saturated rings. The first-order valence-corrected chi connectivity index (χ1v) is 11.2. The lowest BCUT2D eigenvalue weighted by atomic mass is 10.0. The Balaban J connectivity index is 1.36. The van der Waals surface area contributed by atoms with E-state index < -0.39 is 0 Å². The number of nitrogens with one attached hydrogen (secondary N) is 1. The molecule has 2 amide bonds. The van der Waals surface area contributed by atoms with Crippen LogP contribution in [0.1, 0.15) is 51.7 Å². The molecule has 0 spiro atoms. The maximum absolute atomic E-state index is 12.9. The number of rotatable bonds is 5. The number of benzene rings is 2. The van der Waals surface area contributed by atoms with Crippen molar-refractivity contribution in [1.82, 2.24) is 15.2 Å². The largest absolute Gasteiger partial charge is 0.494 e. The van der Waals surface area contributed by atoms with Gasteiger partial charge >= 0.3 is 0 Å². The fraction of sp³-hybridized carbons (Fsp3) is 0.346. The minimum atomic E-state index is -0.102. The number of nitrogens with zero attached hydrogens (tertiary/aromatic N) is 2. The highest BCUT2D eigenvalue weighted by molar-refractivity contribution is 5.99. The van der Waals surface area contributed by atoms with Gasteiger partial charge in [-0.2, -0.15) is 0 Å². The highest BCUT2D eigenvalue weighted by atomic mass is 16.5. The molecule has 2 heterocycles. The lowest BCUT2D eigenvalue weighted by molar-refractivity contribution is 0.0698. The van der Waals surface area contributed by atoms with E-state index in [9.17, 15) is 9.59 Å². The second-order valence-corrected chi connectivity index (χ2v) is 8.31. The summed E-state index contributed by atoms with van der Waals surface area (Å²) in [4.78, 5) is 32.2. The van der Waals surface area contributed by atoms with E-state index in [0.717, 1.165) is 40.8 Å². The van der Waals surface area contributed by atoms with Gasteiger partial charge in [-0.05, 0) is 76.1 Å². The Morgan fingerprint density at radius 2 is 1.78 bits per heavy atom. The summed E-state index contributed by atoms with van der Waals surface area (Å²) in [5, 5.41) is 4.11. The fourth-order valence-electron chi connectivity index (χ4n) is 4.16. The average molecular weight is 432 g/mol. The quantitative estimate of drug-likeness (QED) is 0.654. The van der Waals surface area contributed by atoms with Crippen molar-refractivity contribution in [1.29, 1.82) is 0 Å². The molecule has 0 saturated carbocycles. The number of hydrogen-bond acceptors (Lipinski definition) is 4. The summed E-state index contributed by atoms with van der Waals surface area (Å²) in [7, 11) is 0. The number of piperidine rings is 1. The maximum Gasteiger partial charge on any atom is 0.253 e. The first-order chi connectivity index (χ1) is 15.4. The Morgan fingerprint density at radius 3 is 2.47 bits per heavy atom. The van der Waals surface area contributed by atoms with Crippen molar-refractivity contribution < 1.29 is 14.3 Å². The molecule has 32 heavy (non-hydrogen) atoms. The van der Waals surface area contributed by atoms with Crippen LogP contribution in [0.25, 0.3) is 10.9 Å². The van der Waals surface area contributed by atoms with Gasteiger partial charge in [0, 0.05) is 30.1 Å². The molecule has 0 radical (unpaired) electrons. The number of carbonyl (C=O) groups is 2. The van der Waals surface area contributed by atoms with Gasteiger partial charge in [0.25, 0.3) is 11.8 Å². The zero-order chi connectivity index (χ0) is 22.7. The smallest absolute Gasteiger partial charge is 0.253 e. The van der Waals surface area contributed by atoms with Gasteiger partial charge < -0.3 is 15.0 Å². The SMILES string of the molecule is CCOc1ccc(C(=O)N2CCC(NC(=O)c3cc4cc(C)ccc4nc3C)CC2)cc1. The summed E-state index contributed by atoms with van der Waals surface area (Å²) in [5.74, 6) is 0.677. The van der Waals surface area contributed by atoms with Crippen LogP contribution in [0.4, 0.5) is 0 Å². The van der Waals surface area contributed by atoms with E-state index in [4.69, 9.17) is 4.74 Å². The van der Waals surface area contributed by atoms with E-state index in [1.807, 2.05) is 62.1 Å². The van der Waals surface area contributed by atoms with Crippen molar-refractivity contribution in [3.8, 4) is 5.75 Å². The van der Waals surface area contributed by atoms with Crippen molar-refractivity contribution in [2.75, 3.05) is 19.7 Å². The number of likely N-dealkylation sites (tertiary alicyclic amines) is 1. The molecule has 0 bridgehead atoms. The Kier molecular flexibility index (Phi) is 6.40. The summed E-state index contributed by atoms with van der Waals surface area (Å²) in [6, 6.07) is 15.3. The molecule has 0 aliphatic carbocycles. The fourth-order valence-corrected chi connectivity index (χ4v) is 4.16. The van der Waals surface area contributed by atoms with E-state index >= 15 is 0 Å². The molecule has 1 aliphatic heterocycles. The summed E-state index contributed by atoms with van der Waals surface area (Å²) in [6.45, 7) is 7.66. The van der Waals surface area contributed by atoms with Crippen LogP contribution in [0, 0.1) is 13.8 Å². The molecule has 1 aromatic heterocycles. The predicted octanol–water partition coefficient (Wildman–Crippen LogP) is 4.28. The monoisotopic (exact) mass is 431 g/mol. The Hall–Kier alpha value is -3.41. The average Bonchev–Trinajstić information content (AvgIpc) is 2.79. The third-order valence-corrected chi connectivity index (χ3v) is 5.94. The first kappa shape index (κ1) is 21.8. The minimum absolute atomic E-state index is 0.0165. The first-order valence-electron chi connectivity index (χ1n) is 11.2. The summed E-state index contributed by atoms with van der Waals surface area (Å²) < 4.78 is 5.44. The van der Waals surface area contributed by atoms with Crippen LogP contribution in [0.5, 0.6) is 5.75 Å². The van der Waals surface area contributed by atoms with Gasteiger partial charge in [0.2, 0.25) is 0 Å². The normalized spacial score (nSPS) is 14.4. The van der Waals surface area contributed by atoms with Crippen LogP contribution in [0.3, 0.4) is 0 Å². The molecule has 166 valence electrons. The van der Waals surface area contributed by atoms with Crippen LogP contribution in [-0.4, -0.2) is 47.4 Å². The van der Waals surface area contributed by atoms with E-state index in [-0.39, 0.29) is 17.9 Å². The Bertz CT molecular complexity index is 1130. The van der Waals surface area contributed by atoms with Gasteiger partial charge in [-0.1, -0.05) is 11.6 Å². The zero-order valence-corrected chi connectivity index (χ0v) is 18.9. The van der Waals surface area contributed by atoms with Crippen LogP contribution in [0.15, 0.2) is 48.5 Å². The Labute approximate surface area is 188 Å². The van der Waals surface area contributed by atoms with E-state index in [2.05, 4.69) is 10.3 Å². The third-order valence-electron chi connectivity index (χ3n) is 5.94. The number of pyridine rings is 1. The van der Waals surface area contributed by atoms with Crippen LogP contribution >= 0.6 is 0 Å². The van der Waals surface area contributed by atoms with Crippen molar-refractivity contribution in [3.05, 3.63) is 70.9 Å². The number of aromatic nitrogens is 1. The molecular formula is C26H29N3O3. The zero-order valence-electron chi connectivity index (χ0n) is 18.9.